The van der Waals surface area contributed by atoms with E-state index in [4.69, 9.17) is 16.3 Å². The van der Waals surface area contributed by atoms with Gasteiger partial charge in [0, 0.05) is 22.9 Å². The number of nitrogens with one attached hydrogen (secondary N) is 1. The first-order chi connectivity index (χ1) is 15.7. The molecular formula is C26H32ClN3O3. The number of rotatable bonds is 9. The molecule has 0 unspecified atom stereocenters. The maximum absolute atomic E-state index is 12.7. The van der Waals surface area contributed by atoms with E-state index in [2.05, 4.69) is 31.1 Å². The van der Waals surface area contributed by atoms with Gasteiger partial charge in [-0.3, -0.25) is 4.79 Å². The van der Waals surface area contributed by atoms with Gasteiger partial charge in [0.25, 0.3) is 5.91 Å². The number of carbonyl (C=O) groups excluding carboxylic acids is 1. The highest BCUT2D eigenvalue weighted by Crippen LogP contribution is 2.26. The zero-order valence-corrected chi connectivity index (χ0v) is 20.4. The quantitative estimate of drug-likeness (QED) is 0.465. The van der Waals surface area contributed by atoms with Gasteiger partial charge < -0.3 is 19.7 Å². The van der Waals surface area contributed by atoms with Gasteiger partial charge in [-0.1, -0.05) is 51.4 Å². The molecule has 2 aromatic carbocycles. The Bertz CT molecular complexity index is 1070. The van der Waals surface area contributed by atoms with Crippen molar-refractivity contribution < 1.29 is 14.6 Å². The maximum Gasteiger partial charge on any atom is 0.251 e. The molecule has 0 aliphatic rings. The second-order valence-corrected chi connectivity index (χ2v) is 9.54. The van der Waals surface area contributed by atoms with E-state index < -0.39 is 6.04 Å². The molecule has 1 amide bonds. The zero-order chi connectivity index (χ0) is 24.0. The molecule has 0 fully saturated rings. The molecule has 0 saturated carbocycles. The second kappa shape index (κ2) is 10.9. The summed E-state index contributed by atoms with van der Waals surface area (Å²) in [5.74, 6) is 0.268. The number of halogens is 1. The van der Waals surface area contributed by atoms with E-state index in [9.17, 15) is 9.90 Å². The highest BCUT2D eigenvalue weighted by molar-refractivity contribution is 6.32. The average molecular weight is 470 g/mol. The van der Waals surface area contributed by atoms with Crippen molar-refractivity contribution in [2.75, 3.05) is 13.2 Å². The molecule has 0 saturated heterocycles. The third kappa shape index (κ3) is 6.59. The van der Waals surface area contributed by atoms with Crippen molar-refractivity contribution in [3.05, 3.63) is 76.8 Å². The first kappa shape index (κ1) is 24.8. The van der Waals surface area contributed by atoms with Crippen molar-refractivity contribution in [1.29, 1.82) is 0 Å². The highest BCUT2D eigenvalue weighted by Gasteiger charge is 2.18. The summed E-state index contributed by atoms with van der Waals surface area (Å²) in [6.07, 6.45) is 5.23. The molecule has 1 heterocycles. The van der Waals surface area contributed by atoms with Crippen molar-refractivity contribution in [3.63, 3.8) is 0 Å². The number of benzene rings is 2. The first-order valence-corrected chi connectivity index (χ1v) is 11.6. The van der Waals surface area contributed by atoms with Gasteiger partial charge in [0.1, 0.15) is 5.75 Å². The molecule has 0 aliphatic heterocycles. The summed E-state index contributed by atoms with van der Waals surface area (Å²) in [4.78, 5) is 17.2. The number of aliphatic hydroxyl groups excluding tert-OH is 1. The summed E-state index contributed by atoms with van der Waals surface area (Å²) in [6.45, 7) is 8.81. The van der Waals surface area contributed by atoms with Crippen LogP contribution in [0.5, 0.6) is 5.75 Å². The largest absolute Gasteiger partial charge is 0.492 e. The van der Waals surface area contributed by atoms with E-state index in [0.29, 0.717) is 29.4 Å². The van der Waals surface area contributed by atoms with Gasteiger partial charge in [0.15, 0.2) is 0 Å². The van der Waals surface area contributed by atoms with Crippen LogP contribution in [0, 0.1) is 0 Å². The Kier molecular flexibility index (Phi) is 8.16. The van der Waals surface area contributed by atoms with Crippen LogP contribution in [0.3, 0.4) is 0 Å². The van der Waals surface area contributed by atoms with Gasteiger partial charge in [0.2, 0.25) is 0 Å². The van der Waals surface area contributed by atoms with Crippen molar-refractivity contribution in [1.82, 2.24) is 14.9 Å². The summed E-state index contributed by atoms with van der Waals surface area (Å²) in [7, 11) is 0. The second-order valence-electron chi connectivity index (χ2n) is 9.13. The van der Waals surface area contributed by atoms with E-state index >= 15 is 0 Å². The van der Waals surface area contributed by atoms with Crippen LogP contribution in [0.4, 0.5) is 0 Å². The summed E-state index contributed by atoms with van der Waals surface area (Å²) in [5, 5.41) is 13.1. The van der Waals surface area contributed by atoms with Gasteiger partial charge in [-0.2, -0.15) is 0 Å². The molecule has 0 aliphatic carbocycles. The number of aliphatic hydroxyl groups is 1. The molecule has 2 N–H and O–H groups in total. The van der Waals surface area contributed by atoms with E-state index in [-0.39, 0.29) is 17.9 Å². The van der Waals surface area contributed by atoms with Crippen LogP contribution in [0.2, 0.25) is 5.02 Å². The smallest absolute Gasteiger partial charge is 0.251 e. The lowest BCUT2D eigenvalue weighted by Crippen LogP contribution is -2.39. The summed E-state index contributed by atoms with van der Waals surface area (Å²) < 4.78 is 7.55. The number of carbonyl (C=O) groups is 1. The normalized spacial score (nSPS) is 12.4. The van der Waals surface area contributed by atoms with Crippen LogP contribution in [-0.2, 0) is 11.8 Å². The fraction of sp³-hybridized carbons (Fsp3) is 0.385. The van der Waals surface area contributed by atoms with E-state index in [0.717, 1.165) is 23.4 Å². The Balaban J connectivity index is 1.63. The van der Waals surface area contributed by atoms with Gasteiger partial charge in [0.05, 0.1) is 36.3 Å². The fourth-order valence-corrected chi connectivity index (χ4v) is 3.58. The van der Waals surface area contributed by atoms with E-state index in [1.54, 1.807) is 18.2 Å². The van der Waals surface area contributed by atoms with Crippen molar-refractivity contribution in [2.45, 2.75) is 52.0 Å². The third-order valence-corrected chi connectivity index (χ3v) is 5.57. The number of nitrogens with zero attached hydrogens (tertiary/aromatic N) is 2. The van der Waals surface area contributed by atoms with Crippen LogP contribution in [0.1, 0.15) is 55.7 Å². The molecule has 0 spiro atoms. The van der Waals surface area contributed by atoms with Gasteiger partial charge in [-0.25, -0.2) is 4.98 Å². The lowest BCUT2D eigenvalue weighted by atomic mass is 9.93. The van der Waals surface area contributed by atoms with Gasteiger partial charge >= 0.3 is 0 Å². The Morgan fingerprint density at radius 2 is 1.94 bits per heavy atom. The van der Waals surface area contributed by atoms with Crippen molar-refractivity contribution in [3.8, 4) is 11.4 Å². The summed E-state index contributed by atoms with van der Waals surface area (Å²) in [5.41, 5.74) is 3.46. The third-order valence-electron chi connectivity index (χ3n) is 5.28. The molecule has 0 bridgehead atoms. The molecule has 1 atom stereocenters. The summed E-state index contributed by atoms with van der Waals surface area (Å²) >= 11 is 6.24. The summed E-state index contributed by atoms with van der Waals surface area (Å²) in [6, 6.07) is 12.5. The number of amides is 1. The molecule has 176 valence electrons. The van der Waals surface area contributed by atoms with Crippen molar-refractivity contribution in [2.24, 2.45) is 0 Å². The Morgan fingerprint density at radius 3 is 2.52 bits per heavy atom. The average Bonchev–Trinajstić information content (AvgIpc) is 3.29. The van der Waals surface area contributed by atoms with Gasteiger partial charge in [-0.15, -0.1) is 0 Å². The lowest BCUT2D eigenvalue weighted by Gasteiger charge is -2.17. The molecule has 7 heteroatoms. The number of hydrogen-bond donors (Lipinski definition) is 2. The number of ether oxygens (including phenoxy) is 1. The highest BCUT2D eigenvalue weighted by atomic mass is 35.5. The molecule has 3 aromatic rings. The Morgan fingerprint density at radius 1 is 1.21 bits per heavy atom. The van der Waals surface area contributed by atoms with Crippen LogP contribution >= 0.6 is 11.6 Å². The van der Waals surface area contributed by atoms with E-state index in [1.165, 1.54) is 0 Å². The molecule has 1 aromatic heterocycles. The predicted octanol–water partition coefficient (Wildman–Crippen LogP) is 4.95. The first-order valence-electron chi connectivity index (χ1n) is 11.2. The van der Waals surface area contributed by atoms with E-state index in [1.807, 2.05) is 48.3 Å². The minimum Gasteiger partial charge on any atom is -0.492 e. The fourth-order valence-electron chi connectivity index (χ4n) is 3.34. The molecule has 6 nitrogen and oxygen atoms in total. The monoisotopic (exact) mass is 469 g/mol. The molecule has 33 heavy (non-hydrogen) atoms. The van der Waals surface area contributed by atoms with Crippen LogP contribution in [-0.4, -0.2) is 39.8 Å². The van der Waals surface area contributed by atoms with Crippen LogP contribution in [0.15, 0.2) is 55.0 Å². The lowest BCUT2D eigenvalue weighted by molar-refractivity contribution is 0.0916. The predicted molar refractivity (Wildman–Crippen MR) is 132 cm³/mol. The van der Waals surface area contributed by atoms with Gasteiger partial charge in [-0.05, 0) is 48.7 Å². The Hall–Kier alpha value is -2.83. The Labute approximate surface area is 200 Å². The minimum absolute atomic E-state index is 0.00910. The SMILES string of the molecule is CCCOc1ccc(C(=O)N[C@H](CO)Cc2ccc(-n3cnc(C(C)(C)C)c3)cc2)cc1Cl. The van der Waals surface area contributed by atoms with Crippen LogP contribution in [0.25, 0.3) is 5.69 Å². The zero-order valence-electron chi connectivity index (χ0n) is 19.6. The molecular weight excluding hydrogens is 438 g/mol. The number of imidazole rings is 1. The van der Waals surface area contributed by atoms with Crippen molar-refractivity contribution >= 4 is 17.5 Å². The standard InChI is InChI=1S/C26H32ClN3O3/c1-5-12-33-23-11-8-19(14-22(23)27)25(32)29-20(16-31)13-18-6-9-21(10-7-18)30-15-24(28-17-30)26(2,3)4/h6-11,14-15,17,20,31H,5,12-13,16H2,1-4H3,(H,29,32)/t20-/m0/s1. The molecule has 0 radical (unpaired) electrons. The minimum atomic E-state index is -0.418. The topological polar surface area (TPSA) is 76.4 Å². The van der Waals surface area contributed by atoms with Crippen LogP contribution < -0.4 is 10.1 Å². The number of aromatic nitrogens is 2. The molecule has 3 rings (SSSR count). The number of hydrogen-bond acceptors (Lipinski definition) is 4. The maximum atomic E-state index is 12.7.